The molecule has 0 saturated carbocycles. The van der Waals surface area contributed by atoms with Crippen LogP contribution in [0, 0.1) is 11.6 Å². The third kappa shape index (κ3) is 6.87. The van der Waals surface area contributed by atoms with Gasteiger partial charge >= 0.3 is 0 Å². The Morgan fingerprint density at radius 1 is 1.13 bits per heavy atom. The third-order valence-corrected chi connectivity index (χ3v) is 5.73. The van der Waals surface area contributed by atoms with E-state index in [4.69, 9.17) is 15.2 Å². The highest BCUT2D eigenvalue weighted by Gasteiger charge is 2.26. The van der Waals surface area contributed by atoms with Crippen molar-refractivity contribution in [2.45, 2.75) is 33.1 Å². The number of nitrogens with one attached hydrogen (secondary N) is 1. The van der Waals surface area contributed by atoms with E-state index in [0.29, 0.717) is 0 Å². The second-order valence-electron chi connectivity index (χ2n) is 5.54. The summed E-state index contributed by atoms with van der Waals surface area (Å²) in [5.41, 5.74) is 6.02. The van der Waals surface area contributed by atoms with Gasteiger partial charge in [0.25, 0.3) is 5.91 Å². The number of carbonyl (C=O) groups excluding carboxylic acids is 1. The highest BCUT2D eigenvalue weighted by atomic mass is 79.9. The average molecular weight is 517 g/mol. The van der Waals surface area contributed by atoms with Crippen LogP contribution in [0.2, 0.25) is 0 Å². The number of primary amides is 1. The molecule has 170 valence electrons. The van der Waals surface area contributed by atoms with Gasteiger partial charge in [-0.3, -0.25) is 4.79 Å². The van der Waals surface area contributed by atoms with Crippen LogP contribution in [-0.2, 0) is 0 Å². The first-order valence-electron chi connectivity index (χ1n) is 9.78. The third-order valence-electron chi connectivity index (χ3n) is 3.82. The number of rotatable bonds is 6. The highest BCUT2D eigenvalue weighted by Crippen LogP contribution is 2.39. The summed E-state index contributed by atoms with van der Waals surface area (Å²) in [6, 6.07) is 9.58. The zero-order valence-corrected chi connectivity index (χ0v) is 20.5. The van der Waals surface area contributed by atoms with Gasteiger partial charge < -0.3 is 20.5 Å². The van der Waals surface area contributed by atoms with E-state index in [0.717, 1.165) is 33.0 Å². The first kappa shape index (κ1) is 26.8. The Balaban J connectivity index is 0.00000113. The Labute approximate surface area is 194 Å². The minimum absolute atomic E-state index is 0.0835. The zero-order chi connectivity index (χ0) is 23.6. The summed E-state index contributed by atoms with van der Waals surface area (Å²) >= 11 is 4.96. The molecule has 1 amide bonds. The van der Waals surface area contributed by atoms with Crippen molar-refractivity contribution < 1.29 is 23.0 Å². The number of hydrogen-bond donors (Lipinski definition) is 2. The lowest BCUT2D eigenvalue weighted by Gasteiger charge is -2.15. The van der Waals surface area contributed by atoms with Gasteiger partial charge in [0.2, 0.25) is 0 Å². The number of carbonyl (C=O) groups is 1. The molecule has 0 saturated heterocycles. The minimum Gasteiger partial charge on any atom is -0.497 e. The number of nitrogens with two attached hydrogens (primary N) is 1. The molecule has 1 aliphatic rings. The fourth-order valence-corrected chi connectivity index (χ4v) is 4.37. The summed E-state index contributed by atoms with van der Waals surface area (Å²) in [5, 5.41) is 3.06. The molecule has 1 unspecified atom stereocenters. The number of methoxy groups -OCH3 is 1. The number of ether oxygens (including phenoxy) is 2. The predicted octanol–water partition coefficient (Wildman–Crippen LogP) is 5.89. The summed E-state index contributed by atoms with van der Waals surface area (Å²) in [6.45, 7) is 8.08. The molecule has 2 aromatic carbocycles. The second-order valence-corrected chi connectivity index (χ2v) is 8.07. The molecule has 0 aromatic heterocycles. The number of amides is 1. The molecule has 0 aliphatic carbocycles. The predicted molar refractivity (Wildman–Crippen MR) is 126 cm³/mol. The van der Waals surface area contributed by atoms with E-state index in [9.17, 15) is 13.6 Å². The standard InChI is InChI=1S/C18H15BrF2N2O3S.2C2H6/c1-25-10-4-2-9(3-5-10)16-17(19)27-13(23-16)8-26-12-7-6-11(20)14(15(12)21)18(22)24;2*1-2/h2-7,13,23H,8H2,1H3,(H2,22,24);2*1-2H3. The van der Waals surface area contributed by atoms with Crippen molar-refractivity contribution in [2.24, 2.45) is 5.73 Å². The molecule has 1 atom stereocenters. The van der Waals surface area contributed by atoms with Crippen molar-refractivity contribution in [3.05, 3.63) is 63.0 Å². The van der Waals surface area contributed by atoms with Gasteiger partial charge in [-0.05, 0) is 57.9 Å². The van der Waals surface area contributed by atoms with Crippen molar-refractivity contribution in [3.8, 4) is 11.5 Å². The van der Waals surface area contributed by atoms with Crippen LogP contribution >= 0.6 is 27.7 Å². The number of hydrogen-bond acceptors (Lipinski definition) is 5. The zero-order valence-electron chi connectivity index (χ0n) is 18.1. The summed E-state index contributed by atoms with van der Waals surface area (Å²) in [4.78, 5) is 11.2. The lowest BCUT2D eigenvalue weighted by atomic mass is 10.1. The Morgan fingerprint density at radius 3 is 2.29 bits per heavy atom. The van der Waals surface area contributed by atoms with Crippen molar-refractivity contribution in [1.29, 1.82) is 0 Å². The van der Waals surface area contributed by atoms with Gasteiger partial charge in [-0.2, -0.15) is 0 Å². The van der Waals surface area contributed by atoms with E-state index >= 15 is 0 Å². The maximum Gasteiger partial charge on any atom is 0.254 e. The molecule has 3 rings (SSSR count). The summed E-state index contributed by atoms with van der Waals surface area (Å²) in [5.74, 6) is -2.80. The molecule has 31 heavy (non-hydrogen) atoms. The first-order chi connectivity index (χ1) is 14.9. The van der Waals surface area contributed by atoms with E-state index in [-0.39, 0.29) is 17.7 Å². The van der Waals surface area contributed by atoms with Gasteiger partial charge in [0.15, 0.2) is 11.6 Å². The number of halogens is 3. The normalized spacial score (nSPS) is 14.5. The maximum atomic E-state index is 14.2. The molecule has 1 aliphatic heterocycles. The van der Waals surface area contributed by atoms with E-state index in [1.165, 1.54) is 11.8 Å². The Bertz CT molecular complexity index is 908. The quantitative estimate of drug-likeness (QED) is 0.500. The molecule has 2 aromatic rings. The van der Waals surface area contributed by atoms with Crippen LogP contribution in [0.4, 0.5) is 8.78 Å². The summed E-state index contributed by atoms with van der Waals surface area (Å²) < 4.78 is 39.2. The monoisotopic (exact) mass is 516 g/mol. The van der Waals surface area contributed by atoms with Gasteiger partial charge in [0.1, 0.15) is 29.1 Å². The fourth-order valence-electron chi connectivity index (χ4n) is 2.50. The van der Waals surface area contributed by atoms with Crippen LogP contribution in [0.15, 0.2) is 40.2 Å². The van der Waals surface area contributed by atoms with E-state index < -0.39 is 23.1 Å². The average Bonchev–Trinajstić information content (AvgIpc) is 3.16. The maximum absolute atomic E-state index is 14.2. The van der Waals surface area contributed by atoms with Crippen LogP contribution in [0.3, 0.4) is 0 Å². The lowest BCUT2D eigenvalue weighted by Crippen LogP contribution is -2.27. The molecule has 9 heteroatoms. The molecule has 0 radical (unpaired) electrons. The molecule has 0 fully saturated rings. The van der Waals surface area contributed by atoms with Crippen LogP contribution < -0.4 is 20.5 Å². The molecule has 5 nitrogen and oxygen atoms in total. The van der Waals surface area contributed by atoms with Crippen molar-refractivity contribution >= 4 is 39.3 Å². The van der Waals surface area contributed by atoms with E-state index in [1.54, 1.807) is 7.11 Å². The second kappa shape index (κ2) is 13.2. The molecule has 0 bridgehead atoms. The Morgan fingerprint density at radius 2 is 1.74 bits per heavy atom. The molecule has 3 N–H and O–H groups in total. The fraction of sp³-hybridized carbons (Fsp3) is 0.318. The topological polar surface area (TPSA) is 73.6 Å². The SMILES string of the molecule is CC.CC.COc1ccc(C2=C(Br)SC(COc3ccc(F)c(C(N)=O)c3F)N2)cc1. The van der Waals surface area contributed by atoms with Gasteiger partial charge in [-0.1, -0.05) is 39.5 Å². The smallest absolute Gasteiger partial charge is 0.254 e. The Kier molecular flexibility index (Phi) is 11.4. The van der Waals surface area contributed by atoms with Gasteiger partial charge in [0.05, 0.1) is 16.6 Å². The number of benzene rings is 2. The van der Waals surface area contributed by atoms with Gasteiger partial charge in [0, 0.05) is 0 Å². The molecular weight excluding hydrogens is 490 g/mol. The van der Waals surface area contributed by atoms with Crippen LogP contribution in [0.25, 0.3) is 5.70 Å². The lowest BCUT2D eigenvalue weighted by molar-refractivity contribution is 0.0991. The minimum atomic E-state index is -1.19. The molecule has 1 heterocycles. The van der Waals surface area contributed by atoms with Crippen LogP contribution in [-0.4, -0.2) is 25.0 Å². The molecule has 0 spiro atoms. The summed E-state index contributed by atoms with van der Waals surface area (Å²) in [7, 11) is 1.60. The van der Waals surface area contributed by atoms with Crippen LogP contribution in [0.5, 0.6) is 11.5 Å². The van der Waals surface area contributed by atoms with Crippen molar-refractivity contribution in [3.63, 3.8) is 0 Å². The summed E-state index contributed by atoms with van der Waals surface area (Å²) in [6.07, 6.45) is 0. The van der Waals surface area contributed by atoms with E-state index in [2.05, 4.69) is 21.2 Å². The van der Waals surface area contributed by atoms with Crippen molar-refractivity contribution in [2.75, 3.05) is 13.7 Å². The van der Waals surface area contributed by atoms with E-state index in [1.807, 2.05) is 52.0 Å². The van der Waals surface area contributed by atoms with Crippen molar-refractivity contribution in [1.82, 2.24) is 5.32 Å². The largest absolute Gasteiger partial charge is 0.497 e. The van der Waals surface area contributed by atoms with Crippen LogP contribution in [0.1, 0.15) is 43.6 Å². The number of thioether (sulfide) groups is 1. The highest BCUT2D eigenvalue weighted by molar-refractivity contribution is 9.14. The molecular formula is C22H27BrF2N2O3S. The van der Waals surface area contributed by atoms with Gasteiger partial charge in [-0.25, -0.2) is 8.78 Å². The van der Waals surface area contributed by atoms with Gasteiger partial charge in [-0.15, -0.1) is 0 Å². The Hall–Kier alpha value is -2.26. The first-order valence-corrected chi connectivity index (χ1v) is 11.5.